The van der Waals surface area contributed by atoms with E-state index in [1.807, 2.05) is 42.5 Å². The highest BCUT2D eigenvalue weighted by Crippen LogP contribution is 2.58. The monoisotopic (exact) mass is 402 g/mol. The van der Waals surface area contributed by atoms with Crippen LogP contribution in [0.2, 0.25) is 0 Å². The molecule has 1 amide bonds. The van der Waals surface area contributed by atoms with E-state index in [0.717, 1.165) is 17.4 Å². The van der Waals surface area contributed by atoms with Crippen molar-refractivity contribution in [3.05, 3.63) is 60.2 Å². The summed E-state index contributed by atoms with van der Waals surface area (Å²) in [6.45, 7) is 0.734. The second-order valence-electron chi connectivity index (χ2n) is 7.69. The van der Waals surface area contributed by atoms with E-state index in [0.29, 0.717) is 25.1 Å². The van der Waals surface area contributed by atoms with E-state index in [2.05, 4.69) is 4.72 Å². The summed E-state index contributed by atoms with van der Waals surface area (Å²) in [5, 5.41) is 0. The lowest BCUT2D eigenvalue weighted by molar-refractivity contribution is -0.132. The number of amides is 1. The van der Waals surface area contributed by atoms with Crippen LogP contribution in [0.5, 0.6) is 0 Å². The first kappa shape index (κ1) is 19.1. The Labute approximate surface area is 164 Å². The second kappa shape index (κ2) is 6.97. The second-order valence-corrected chi connectivity index (χ2v) is 9.47. The number of benzene rings is 2. The van der Waals surface area contributed by atoms with Crippen LogP contribution in [-0.4, -0.2) is 44.6 Å². The molecule has 1 saturated heterocycles. The van der Waals surface area contributed by atoms with Crippen LogP contribution in [0.3, 0.4) is 0 Å². The molecule has 28 heavy (non-hydrogen) atoms. The van der Waals surface area contributed by atoms with Gasteiger partial charge in [0.15, 0.2) is 0 Å². The van der Waals surface area contributed by atoms with Gasteiger partial charge in [-0.2, -0.15) is 0 Å². The van der Waals surface area contributed by atoms with Crippen LogP contribution < -0.4 is 4.72 Å². The van der Waals surface area contributed by atoms with Crippen molar-refractivity contribution in [1.29, 1.82) is 0 Å². The molecule has 2 aromatic carbocycles. The summed E-state index contributed by atoms with van der Waals surface area (Å²) in [4.78, 5) is 14.4. The van der Waals surface area contributed by atoms with E-state index in [9.17, 15) is 13.2 Å². The molecule has 1 heterocycles. The van der Waals surface area contributed by atoms with Gasteiger partial charge in [-0.1, -0.05) is 54.6 Å². The molecule has 4 rings (SSSR count). The molecule has 148 valence electrons. The maximum Gasteiger partial charge on any atom is 0.229 e. The largest absolute Gasteiger partial charge is 0.341 e. The summed E-state index contributed by atoms with van der Waals surface area (Å²) in [5.41, 5.74) is 0.599. The molecular formula is C21H23FN2O3S. The van der Waals surface area contributed by atoms with Gasteiger partial charge in [0.1, 0.15) is 5.67 Å². The lowest BCUT2D eigenvalue weighted by Crippen LogP contribution is -2.38. The highest BCUT2D eigenvalue weighted by Gasteiger charge is 2.62. The van der Waals surface area contributed by atoms with Crippen LogP contribution in [0.4, 0.5) is 4.39 Å². The third-order valence-electron chi connectivity index (χ3n) is 5.53. The summed E-state index contributed by atoms with van der Waals surface area (Å²) in [6, 6.07) is 16.6. The average molecular weight is 402 g/mol. The van der Waals surface area contributed by atoms with Crippen LogP contribution >= 0.6 is 0 Å². The molecule has 3 atom stereocenters. The lowest BCUT2D eigenvalue weighted by Gasteiger charge is -2.19. The Kier molecular flexibility index (Phi) is 4.75. The Balaban J connectivity index is 1.52. The highest BCUT2D eigenvalue weighted by atomic mass is 32.2. The summed E-state index contributed by atoms with van der Waals surface area (Å²) in [5.74, 6) is -0.947. The molecule has 1 N–H and O–H groups in total. The molecule has 7 heteroatoms. The zero-order valence-corrected chi connectivity index (χ0v) is 16.5. The van der Waals surface area contributed by atoms with Crippen molar-refractivity contribution >= 4 is 15.9 Å². The first-order chi connectivity index (χ1) is 13.3. The Hall–Kier alpha value is -2.25. The zero-order valence-electron chi connectivity index (χ0n) is 15.6. The third-order valence-corrected chi connectivity index (χ3v) is 6.29. The van der Waals surface area contributed by atoms with Gasteiger partial charge in [0, 0.05) is 25.6 Å². The van der Waals surface area contributed by atoms with Crippen molar-refractivity contribution in [2.75, 3.05) is 19.3 Å². The molecule has 0 spiro atoms. The molecule has 0 radical (unpaired) electrons. The van der Waals surface area contributed by atoms with Crippen LogP contribution in [0.1, 0.15) is 18.4 Å². The number of carbonyl (C=O) groups is 1. The van der Waals surface area contributed by atoms with Gasteiger partial charge >= 0.3 is 0 Å². The first-order valence-electron chi connectivity index (χ1n) is 9.38. The molecule has 1 saturated carbocycles. The Morgan fingerprint density at radius 3 is 2.54 bits per heavy atom. The van der Waals surface area contributed by atoms with Gasteiger partial charge in [-0.3, -0.25) is 4.79 Å². The molecule has 2 aromatic rings. The number of hydrogen-bond acceptors (Lipinski definition) is 3. The number of hydrogen-bond donors (Lipinski definition) is 1. The fourth-order valence-electron chi connectivity index (χ4n) is 4.11. The molecule has 5 nitrogen and oxygen atoms in total. The van der Waals surface area contributed by atoms with E-state index in [4.69, 9.17) is 0 Å². The van der Waals surface area contributed by atoms with Gasteiger partial charge in [-0.05, 0) is 23.1 Å². The van der Waals surface area contributed by atoms with Crippen molar-refractivity contribution in [3.8, 4) is 11.1 Å². The standard InChI is InChI=1S/C21H23FN2O3S/c1-28(26,27)23-16-11-12-24(14-16)20(25)19-13-21(19,22)18-10-6-5-9-17(18)15-7-3-2-4-8-15/h2-10,16,19,23H,11-14H2,1H3/t16-,19+,21-/m1/s1. The predicted octanol–water partition coefficient (Wildman–Crippen LogP) is 2.69. The molecule has 0 bridgehead atoms. The van der Waals surface area contributed by atoms with Crippen molar-refractivity contribution in [1.82, 2.24) is 9.62 Å². The predicted molar refractivity (Wildman–Crippen MR) is 106 cm³/mol. The van der Waals surface area contributed by atoms with E-state index < -0.39 is 21.6 Å². The highest BCUT2D eigenvalue weighted by molar-refractivity contribution is 7.88. The maximum atomic E-state index is 15.8. The van der Waals surface area contributed by atoms with Crippen LogP contribution in [0.15, 0.2) is 54.6 Å². The molecule has 2 fully saturated rings. The fourth-order valence-corrected chi connectivity index (χ4v) is 4.91. The zero-order chi connectivity index (χ0) is 19.9. The van der Waals surface area contributed by atoms with E-state index in [1.165, 1.54) is 0 Å². The van der Waals surface area contributed by atoms with Crippen molar-refractivity contribution < 1.29 is 17.6 Å². The number of rotatable bonds is 5. The fraction of sp³-hybridized carbons (Fsp3) is 0.381. The quantitative estimate of drug-likeness (QED) is 0.836. The van der Waals surface area contributed by atoms with Crippen molar-refractivity contribution in [3.63, 3.8) is 0 Å². The number of likely N-dealkylation sites (tertiary alicyclic amines) is 1. The summed E-state index contributed by atoms with van der Waals surface area (Å²) < 4.78 is 41.1. The molecule has 0 unspecified atom stereocenters. The van der Waals surface area contributed by atoms with Gasteiger partial charge in [0.2, 0.25) is 15.9 Å². The van der Waals surface area contributed by atoms with Gasteiger partial charge in [0.25, 0.3) is 0 Å². The minimum atomic E-state index is -3.33. The van der Waals surface area contributed by atoms with Gasteiger partial charge < -0.3 is 4.90 Å². The molecular weight excluding hydrogens is 379 g/mol. The normalized spacial score (nSPS) is 27.0. The van der Waals surface area contributed by atoms with Crippen molar-refractivity contribution in [2.45, 2.75) is 24.6 Å². The minimum Gasteiger partial charge on any atom is -0.341 e. The van der Waals surface area contributed by atoms with Crippen LogP contribution in [-0.2, 0) is 20.5 Å². The van der Waals surface area contributed by atoms with Gasteiger partial charge in [0.05, 0.1) is 12.2 Å². The SMILES string of the molecule is CS(=O)(=O)N[C@@H]1CCN(C(=O)[C@@H]2C[C@@]2(F)c2ccccc2-c2ccccc2)C1. The summed E-state index contributed by atoms with van der Waals surface area (Å²) >= 11 is 0. The Morgan fingerprint density at radius 2 is 1.82 bits per heavy atom. The van der Waals surface area contributed by atoms with E-state index in [1.54, 1.807) is 17.0 Å². The molecule has 2 aliphatic rings. The summed E-state index contributed by atoms with van der Waals surface area (Å²) in [7, 11) is -3.33. The third kappa shape index (κ3) is 3.69. The number of halogens is 1. The molecule has 0 aromatic heterocycles. The minimum absolute atomic E-state index is 0.163. The Morgan fingerprint density at radius 1 is 1.14 bits per heavy atom. The van der Waals surface area contributed by atoms with Gasteiger partial charge in [-0.15, -0.1) is 0 Å². The van der Waals surface area contributed by atoms with Crippen LogP contribution in [0.25, 0.3) is 11.1 Å². The van der Waals surface area contributed by atoms with E-state index in [-0.39, 0.29) is 18.4 Å². The average Bonchev–Trinajstić information content (AvgIpc) is 3.15. The molecule has 1 aliphatic carbocycles. The smallest absolute Gasteiger partial charge is 0.229 e. The van der Waals surface area contributed by atoms with Crippen LogP contribution in [0, 0.1) is 5.92 Å². The topological polar surface area (TPSA) is 66.5 Å². The summed E-state index contributed by atoms with van der Waals surface area (Å²) in [6.07, 6.45) is 1.81. The Bertz CT molecular complexity index is 996. The first-order valence-corrected chi connectivity index (χ1v) is 11.3. The number of alkyl halides is 1. The number of sulfonamides is 1. The number of nitrogens with zero attached hydrogens (tertiary/aromatic N) is 1. The van der Waals surface area contributed by atoms with Gasteiger partial charge in [-0.25, -0.2) is 17.5 Å². The number of carbonyl (C=O) groups excluding carboxylic acids is 1. The molecule has 1 aliphatic heterocycles. The van der Waals surface area contributed by atoms with E-state index >= 15 is 4.39 Å². The maximum absolute atomic E-state index is 15.8. The number of nitrogens with one attached hydrogen (secondary N) is 1. The lowest BCUT2D eigenvalue weighted by atomic mass is 9.94. The van der Waals surface area contributed by atoms with Crippen molar-refractivity contribution in [2.24, 2.45) is 5.92 Å².